The zero-order valence-corrected chi connectivity index (χ0v) is 13.5. The molecule has 1 aliphatic rings. The third-order valence-corrected chi connectivity index (χ3v) is 6.83. The number of fused-ring (bicyclic) bond motifs is 1. The maximum atomic E-state index is 11.5. The molecule has 1 saturated heterocycles. The van der Waals surface area contributed by atoms with Crippen LogP contribution in [0.5, 0.6) is 0 Å². The zero-order chi connectivity index (χ0) is 16.0. The number of aliphatic hydroxyl groups excluding tert-OH is 1. The molecule has 0 aliphatic carbocycles. The van der Waals surface area contributed by atoms with Gasteiger partial charge in [-0.3, -0.25) is 0 Å². The first kappa shape index (κ1) is 14.7. The predicted molar refractivity (Wildman–Crippen MR) is 85.9 cm³/mol. The van der Waals surface area contributed by atoms with Crippen LogP contribution in [0, 0.1) is 0 Å². The lowest BCUT2D eigenvalue weighted by Crippen LogP contribution is -2.19. The molecule has 9 heteroatoms. The van der Waals surface area contributed by atoms with Crippen molar-refractivity contribution in [1.29, 1.82) is 0 Å². The molecule has 0 radical (unpaired) electrons. The summed E-state index contributed by atoms with van der Waals surface area (Å²) in [5.41, 5.74) is 1.76. The van der Waals surface area contributed by atoms with Crippen molar-refractivity contribution in [2.24, 2.45) is 0 Å². The molecule has 3 heterocycles. The van der Waals surface area contributed by atoms with Crippen LogP contribution >= 0.6 is 11.8 Å². The summed E-state index contributed by atoms with van der Waals surface area (Å²) < 4.78 is 28.7. The van der Waals surface area contributed by atoms with E-state index in [-0.39, 0.29) is 16.7 Å². The first-order valence-electron chi connectivity index (χ1n) is 6.97. The predicted octanol–water partition coefficient (Wildman–Crippen LogP) is 1.47. The number of para-hydroxylation sites is 1. The molecule has 120 valence electrons. The fourth-order valence-electron chi connectivity index (χ4n) is 2.65. The fraction of sp³-hybridized carbons (Fsp3) is 0.286. The molecule has 2 aromatic heterocycles. The van der Waals surface area contributed by atoms with Crippen LogP contribution in [0.2, 0.25) is 0 Å². The van der Waals surface area contributed by atoms with E-state index in [1.165, 1.54) is 0 Å². The number of aromatic amines is 1. The Morgan fingerprint density at radius 2 is 2.09 bits per heavy atom. The number of aromatic nitrogens is 3. The Kier molecular flexibility index (Phi) is 3.43. The van der Waals surface area contributed by atoms with Crippen molar-refractivity contribution in [3.05, 3.63) is 30.5 Å². The van der Waals surface area contributed by atoms with Crippen LogP contribution in [0.3, 0.4) is 0 Å². The van der Waals surface area contributed by atoms with E-state index in [0.29, 0.717) is 5.89 Å². The van der Waals surface area contributed by atoms with Crippen molar-refractivity contribution in [1.82, 2.24) is 15.2 Å². The summed E-state index contributed by atoms with van der Waals surface area (Å²) in [5.74, 6) is 0.0675. The third kappa shape index (κ3) is 2.75. The number of H-pyrrole nitrogens is 1. The number of aliphatic hydroxyl groups is 1. The zero-order valence-electron chi connectivity index (χ0n) is 11.8. The number of benzene rings is 1. The maximum absolute atomic E-state index is 11.5. The SMILES string of the molecule is O=S1(=O)C[C@H](O)[C@H](Sc2nnc(-c3c[nH]c4ccccc34)o2)C1. The van der Waals surface area contributed by atoms with Gasteiger partial charge in [-0.15, -0.1) is 10.2 Å². The van der Waals surface area contributed by atoms with Crippen LogP contribution in [0.15, 0.2) is 40.1 Å². The fourth-order valence-corrected chi connectivity index (χ4v) is 6.01. The van der Waals surface area contributed by atoms with Crippen LogP contribution in [0.1, 0.15) is 0 Å². The molecule has 7 nitrogen and oxygen atoms in total. The highest BCUT2D eigenvalue weighted by atomic mass is 32.2. The molecule has 2 N–H and O–H groups in total. The summed E-state index contributed by atoms with van der Waals surface area (Å²) in [4.78, 5) is 3.13. The number of thioether (sulfide) groups is 1. The molecule has 1 fully saturated rings. The van der Waals surface area contributed by atoms with Crippen molar-refractivity contribution in [2.75, 3.05) is 11.5 Å². The molecular weight excluding hydrogens is 338 g/mol. The van der Waals surface area contributed by atoms with Crippen molar-refractivity contribution in [3.63, 3.8) is 0 Å². The second-order valence-corrected chi connectivity index (χ2v) is 8.77. The lowest BCUT2D eigenvalue weighted by atomic mass is 10.2. The van der Waals surface area contributed by atoms with Gasteiger partial charge in [0.1, 0.15) is 0 Å². The molecule has 1 aliphatic heterocycles. The Labute approximate surface area is 136 Å². The van der Waals surface area contributed by atoms with Crippen molar-refractivity contribution in [2.45, 2.75) is 16.6 Å². The van der Waals surface area contributed by atoms with Gasteiger partial charge < -0.3 is 14.5 Å². The summed E-state index contributed by atoms with van der Waals surface area (Å²) in [7, 11) is -3.20. The van der Waals surface area contributed by atoms with Gasteiger partial charge in [-0.1, -0.05) is 30.0 Å². The van der Waals surface area contributed by atoms with Crippen LogP contribution < -0.4 is 0 Å². The topological polar surface area (TPSA) is 109 Å². The van der Waals surface area contributed by atoms with Crippen molar-refractivity contribution in [3.8, 4) is 11.5 Å². The molecule has 2 atom stereocenters. The molecule has 0 amide bonds. The minimum absolute atomic E-state index is 0.0797. The summed E-state index contributed by atoms with van der Waals surface area (Å²) >= 11 is 1.11. The molecule has 3 aromatic rings. The van der Waals surface area contributed by atoms with Crippen molar-refractivity contribution >= 4 is 32.5 Å². The highest BCUT2D eigenvalue weighted by Crippen LogP contribution is 2.33. The lowest BCUT2D eigenvalue weighted by molar-refractivity contribution is 0.207. The minimum atomic E-state index is -3.20. The molecule has 1 aromatic carbocycles. The lowest BCUT2D eigenvalue weighted by Gasteiger charge is -2.07. The van der Waals surface area contributed by atoms with E-state index in [9.17, 15) is 13.5 Å². The van der Waals surface area contributed by atoms with Crippen molar-refractivity contribution < 1.29 is 17.9 Å². The molecule has 4 rings (SSSR count). The number of hydrogen-bond acceptors (Lipinski definition) is 7. The molecule has 0 unspecified atom stereocenters. The normalized spacial score (nSPS) is 23.5. The summed E-state index contributed by atoms with van der Waals surface area (Å²) in [6.07, 6.45) is 0.884. The van der Waals surface area contributed by atoms with E-state index in [0.717, 1.165) is 28.2 Å². The third-order valence-electron chi connectivity index (χ3n) is 3.75. The molecule has 0 bridgehead atoms. The Balaban J connectivity index is 1.60. The van der Waals surface area contributed by atoms with E-state index in [1.54, 1.807) is 6.20 Å². The van der Waals surface area contributed by atoms with Crippen LogP contribution in [0.4, 0.5) is 0 Å². The van der Waals surface area contributed by atoms with Gasteiger partial charge in [0.25, 0.3) is 11.1 Å². The highest BCUT2D eigenvalue weighted by Gasteiger charge is 2.38. The number of sulfone groups is 1. The van der Waals surface area contributed by atoms with Gasteiger partial charge in [-0.25, -0.2) is 8.42 Å². The number of nitrogens with zero attached hydrogens (tertiary/aromatic N) is 2. The van der Waals surface area contributed by atoms with Gasteiger partial charge in [0.05, 0.1) is 28.4 Å². The monoisotopic (exact) mass is 351 g/mol. The van der Waals surface area contributed by atoms with Gasteiger partial charge in [0.2, 0.25) is 0 Å². The van der Waals surface area contributed by atoms with E-state index in [4.69, 9.17) is 4.42 Å². The molecule has 23 heavy (non-hydrogen) atoms. The van der Waals surface area contributed by atoms with E-state index < -0.39 is 21.2 Å². The first-order valence-corrected chi connectivity index (χ1v) is 9.67. The quantitative estimate of drug-likeness (QED) is 0.735. The van der Waals surface area contributed by atoms with E-state index >= 15 is 0 Å². The Morgan fingerprint density at radius 1 is 1.26 bits per heavy atom. The van der Waals surface area contributed by atoms with Gasteiger partial charge in [0, 0.05) is 17.1 Å². The Morgan fingerprint density at radius 3 is 2.87 bits per heavy atom. The standard InChI is InChI=1S/C14H13N3O4S2/c18-11-6-23(19,20)7-12(11)22-14-17-16-13(21-14)9-5-15-10-4-2-1-3-8(9)10/h1-5,11-12,15,18H,6-7H2/t11-,12+/m0/s1. The Hall–Kier alpha value is -1.84. The Bertz CT molecular complexity index is 963. The average molecular weight is 351 g/mol. The summed E-state index contributed by atoms with van der Waals surface area (Å²) in [6, 6.07) is 7.75. The van der Waals surface area contributed by atoms with Crippen LogP contribution in [-0.2, 0) is 9.84 Å². The van der Waals surface area contributed by atoms with Gasteiger partial charge >= 0.3 is 0 Å². The smallest absolute Gasteiger partial charge is 0.277 e. The first-order chi connectivity index (χ1) is 11.0. The maximum Gasteiger partial charge on any atom is 0.277 e. The second kappa shape index (κ2) is 5.36. The number of nitrogens with one attached hydrogen (secondary N) is 1. The largest absolute Gasteiger partial charge is 0.411 e. The van der Waals surface area contributed by atoms with Gasteiger partial charge in [-0.05, 0) is 6.07 Å². The highest BCUT2D eigenvalue weighted by molar-refractivity contribution is 8.01. The van der Waals surface area contributed by atoms with E-state index in [1.807, 2.05) is 24.3 Å². The number of rotatable bonds is 3. The minimum Gasteiger partial charge on any atom is -0.411 e. The molecule has 0 spiro atoms. The second-order valence-electron chi connectivity index (χ2n) is 5.42. The summed E-state index contributed by atoms with van der Waals surface area (Å²) in [5, 5.41) is 18.5. The van der Waals surface area contributed by atoms with Crippen LogP contribution in [-0.4, -0.2) is 51.6 Å². The molecular formula is C14H13N3O4S2. The van der Waals surface area contributed by atoms with E-state index in [2.05, 4.69) is 15.2 Å². The van der Waals surface area contributed by atoms with Crippen LogP contribution in [0.25, 0.3) is 22.4 Å². The molecule has 0 saturated carbocycles. The average Bonchev–Trinajstić information content (AvgIpc) is 3.17. The van der Waals surface area contributed by atoms with Gasteiger partial charge in [0.15, 0.2) is 9.84 Å². The number of hydrogen-bond donors (Lipinski definition) is 2. The van der Waals surface area contributed by atoms with Gasteiger partial charge in [-0.2, -0.15) is 0 Å². The summed E-state index contributed by atoms with van der Waals surface area (Å²) in [6.45, 7) is 0.